The van der Waals surface area contributed by atoms with Crippen LogP contribution in [0.25, 0.3) is 21.8 Å². The summed E-state index contributed by atoms with van der Waals surface area (Å²) in [6, 6.07) is 23.0. The molecule has 0 amide bonds. The van der Waals surface area contributed by atoms with E-state index in [2.05, 4.69) is 58.1 Å². The number of fused-ring (bicyclic) bond motifs is 2. The molecular formula is C19H17N2O+. The lowest BCUT2D eigenvalue weighted by Crippen LogP contribution is -2.37. The molecule has 1 heterocycles. The first-order valence-electron chi connectivity index (χ1n) is 7.43. The fourth-order valence-electron chi connectivity index (χ4n) is 3.01. The Labute approximate surface area is 128 Å². The first-order valence-corrected chi connectivity index (χ1v) is 7.43. The van der Waals surface area contributed by atoms with Crippen molar-refractivity contribution in [1.29, 1.82) is 0 Å². The maximum absolute atomic E-state index is 9.62. The molecule has 22 heavy (non-hydrogen) atoms. The number of nitrogens with zero attached hydrogens (tertiary/aromatic N) is 1. The van der Waals surface area contributed by atoms with E-state index in [1.54, 1.807) is 0 Å². The van der Waals surface area contributed by atoms with E-state index in [0.29, 0.717) is 0 Å². The van der Waals surface area contributed by atoms with Crippen molar-refractivity contribution in [1.82, 2.24) is 4.98 Å². The third-order valence-electron chi connectivity index (χ3n) is 4.10. The van der Waals surface area contributed by atoms with Crippen LogP contribution < -0.4 is 4.57 Å². The number of hydrogen-bond acceptors (Lipinski definition) is 1. The van der Waals surface area contributed by atoms with Crippen LogP contribution in [0, 0.1) is 0 Å². The number of imidazole rings is 1. The molecular weight excluding hydrogens is 272 g/mol. The van der Waals surface area contributed by atoms with E-state index < -0.39 is 0 Å². The predicted molar refractivity (Wildman–Crippen MR) is 87.5 cm³/mol. The molecule has 0 radical (unpaired) electrons. The van der Waals surface area contributed by atoms with Crippen molar-refractivity contribution in [3.63, 3.8) is 0 Å². The smallest absolute Gasteiger partial charge is 0.281 e. The topological polar surface area (TPSA) is 39.9 Å². The van der Waals surface area contributed by atoms with Crippen molar-refractivity contribution in [2.24, 2.45) is 0 Å². The van der Waals surface area contributed by atoms with Gasteiger partial charge >= 0.3 is 0 Å². The summed E-state index contributed by atoms with van der Waals surface area (Å²) in [4.78, 5) is 3.28. The molecule has 3 aromatic carbocycles. The lowest BCUT2D eigenvalue weighted by molar-refractivity contribution is -0.672. The average molecular weight is 289 g/mol. The molecule has 2 N–H and O–H groups in total. The molecule has 0 atom stereocenters. The maximum Gasteiger partial charge on any atom is 0.281 e. The summed E-state index contributed by atoms with van der Waals surface area (Å²) < 4.78 is 2.14. The Morgan fingerprint density at radius 2 is 1.64 bits per heavy atom. The molecule has 108 valence electrons. The van der Waals surface area contributed by atoms with Crippen LogP contribution in [-0.4, -0.2) is 10.1 Å². The summed E-state index contributed by atoms with van der Waals surface area (Å²) in [7, 11) is 0. The van der Waals surface area contributed by atoms with E-state index in [0.717, 1.165) is 23.4 Å². The van der Waals surface area contributed by atoms with Crippen LogP contribution in [-0.2, 0) is 13.2 Å². The van der Waals surface area contributed by atoms with Crippen LogP contribution in [0.3, 0.4) is 0 Å². The molecule has 0 saturated carbocycles. The normalized spacial score (nSPS) is 11.3. The lowest BCUT2D eigenvalue weighted by Gasteiger charge is -2.04. The second-order valence-electron chi connectivity index (χ2n) is 5.51. The number of para-hydroxylation sites is 2. The third kappa shape index (κ3) is 2.16. The van der Waals surface area contributed by atoms with Gasteiger partial charge in [-0.05, 0) is 34.5 Å². The molecule has 0 unspecified atom stereocenters. The summed E-state index contributed by atoms with van der Waals surface area (Å²) >= 11 is 0. The maximum atomic E-state index is 9.62. The highest BCUT2D eigenvalue weighted by Gasteiger charge is 2.17. The Kier molecular flexibility index (Phi) is 3.13. The van der Waals surface area contributed by atoms with Gasteiger partial charge in [0, 0.05) is 0 Å². The molecule has 3 nitrogen and oxygen atoms in total. The summed E-state index contributed by atoms with van der Waals surface area (Å²) in [5.74, 6) is 0.828. The first-order chi connectivity index (χ1) is 10.8. The van der Waals surface area contributed by atoms with Crippen molar-refractivity contribution in [3.8, 4) is 0 Å². The Morgan fingerprint density at radius 1 is 0.864 bits per heavy atom. The van der Waals surface area contributed by atoms with E-state index in [-0.39, 0.29) is 6.61 Å². The van der Waals surface area contributed by atoms with Crippen molar-refractivity contribution >= 4 is 21.8 Å². The van der Waals surface area contributed by atoms with Crippen LogP contribution in [0.15, 0.2) is 66.7 Å². The molecule has 0 aliphatic carbocycles. The average Bonchev–Trinajstić information content (AvgIpc) is 2.93. The summed E-state index contributed by atoms with van der Waals surface area (Å²) in [5.41, 5.74) is 3.38. The Bertz CT molecular complexity index is 956. The fraction of sp³-hybridized carbons (Fsp3) is 0.105. The van der Waals surface area contributed by atoms with Crippen LogP contribution in [0.4, 0.5) is 0 Å². The molecule has 1 aromatic heterocycles. The number of H-pyrrole nitrogens is 1. The van der Waals surface area contributed by atoms with Gasteiger partial charge in [0.1, 0.15) is 13.2 Å². The van der Waals surface area contributed by atoms with Gasteiger partial charge < -0.3 is 5.11 Å². The van der Waals surface area contributed by atoms with Crippen LogP contribution >= 0.6 is 0 Å². The number of nitrogens with one attached hydrogen (secondary N) is 1. The SMILES string of the molecule is OCc1[nH]c2ccccc2[n+]1Cc1ccc2ccccc2c1. The van der Waals surface area contributed by atoms with Gasteiger partial charge in [-0.25, -0.2) is 9.55 Å². The van der Waals surface area contributed by atoms with Gasteiger partial charge in [-0.1, -0.05) is 48.5 Å². The van der Waals surface area contributed by atoms with E-state index in [9.17, 15) is 5.11 Å². The molecule has 3 heteroatoms. The Balaban J connectivity index is 1.81. The summed E-state index contributed by atoms with van der Waals surface area (Å²) in [5, 5.41) is 12.1. The molecule has 0 aliphatic rings. The second kappa shape index (κ2) is 5.28. The van der Waals surface area contributed by atoms with Gasteiger partial charge in [-0.2, -0.15) is 0 Å². The number of aromatic nitrogens is 2. The third-order valence-corrected chi connectivity index (χ3v) is 4.10. The zero-order valence-corrected chi connectivity index (χ0v) is 12.2. The van der Waals surface area contributed by atoms with Crippen LogP contribution in [0.2, 0.25) is 0 Å². The molecule has 4 rings (SSSR count). The van der Waals surface area contributed by atoms with Gasteiger partial charge in [0.15, 0.2) is 11.0 Å². The largest absolute Gasteiger partial charge is 0.384 e. The minimum Gasteiger partial charge on any atom is -0.384 e. The van der Waals surface area contributed by atoms with E-state index >= 15 is 0 Å². The molecule has 0 fully saturated rings. The van der Waals surface area contributed by atoms with Gasteiger partial charge in [-0.15, -0.1) is 0 Å². The Hall–Kier alpha value is -2.65. The highest BCUT2D eigenvalue weighted by molar-refractivity contribution is 5.83. The van der Waals surface area contributed by atoms with Gasteiger partial charge in [0.05, 0.1) is 0 Å². The number of rotatable bonds is 3. The lowest BCUT2D eigenvalue weighted by atomic mass is 10.1. The van der Waals surface area contributed by atoms with Crippen molar-refractivity contribution in [3.05, 3.63) is 78.1 Å². The molecule has 0 bridgehead atoms. The Morgan fingerprint density at radius 3 is 2.50 bits per heavy atom. The van der Waals surface area contributed by atoms with Crippen molar-refractivity contribution < 1.29 is 9.67 Å². The zero-order chi connectivity index (χ0) is 14.9. The standard InChI is InChI=1S/C19H16N2O/c22-13-19-20-17-7-3-4-8-18(17)21(19)12-14-9-10-15-5-1-2-6-16(15)11-14/h1-11,22H,12-13H2/p+1. The summed E-state index contributed by atoms with van der Waals surface area (Å²) in [6.07, 6.45) is 0. The van der Waals surface area contributed by atoms with E-state index in [1.807, 2.05) is 18.2 Å². The van der Waals surface area contributed by atoms with Crippen LogP contribution in [0.5, 0.6) is 0 Å². The van der Waals surface area contributed by atoms with Gasteiger partial charge in [-0.3, -0.25) is 0 Å². The molecule has 0 aliphatic heterocycles. The second-order valence-corrected chi connectivity index (χ2v) is 5.51. The summed E-state index contributed by atoms with van der Waals surface area (Å²) in [6.45, 7) is 0.743. The predicted octanol–water partition coefficient (Wildman–Crippen LogP) is 3.15. The van der Waals surface area contributed by atoms with Crippen LogP contribution in [0.1, 0.15) is 11.4 Å². The highest BCUT2D eigenvalue weighted by Crippen LogP contribution is 2.16. The van der Waals surface area contributed by atoms with E-state index in [1.165, 1.54) is 16.3 Å². The monoisotopic (exact) mass is 289 g/mol. The highest BCUT2D eigenvalue weighted by atomic mass is 16.3. The minimum absolute atomic E-state index is 0.00224. The number of aromatic amines is 1. The number of aliphatic hydroxyl groups is 1. The molecule has 0 saturated heterocycles. The number of aliphatic hydroxyl groups excluding tert-OH is 1. The van der Waals surface area contributed by atoms with Gasteiger partial charge in [0.25, 0.3) is 5.82 Å². The van der Waals surface area contributed by atoms with Gasteiger partial charge in [0.2, 0.25) is 0 Å². The van der Waals surface area contributed by atoms with Crippen molar-refractivity contribution in [2.75, 3.05) is 0 Å². The molecule has 0 spiro atoms. The first kappa shape index (κ1) is 13.0. The number of benzene rings is 3. The molecule has 4 aromatic rings. The fourth-order valence-corrected chi connectivity index (χ4v) is 3.01. The quantitative estimate of drug-likeness (QED) is 0.559. The zero-order valence-electron chi connectivity index (χ0n) is 12.2. The van der Waals surface area contributed by atoms with E-state index in [4.69, 9.17) is 0 Å². The van der Waals surface area contributed by atoms with Crippen molar-refractivity contribution in [2.45, 2.75) is 13.2 Å². The number of hydrogen-bond donors (Lipinski definition) is 2. The minimum atomic E-state index is 0.00224.